The molecule has 0 heterocycles. The predicted octanol–water partition coefficient (Wildman–Crippen LogP) is 14.1. The fraction of sp³-hybridized carbons (Fsp3) is 0.0690. The van der Waals surface area contributed by atoms with Crippen LogP contribution < -0.4 is 20.9 Å². The van der Waals surface area contributed by atoms with Crippen LogP contribution in [-0.2, 0) is 25.7 Å². The van der Waals surface area contributed by atoms with Gasteiger partial charge in [-0.2, -0.15) is 0 Å². The quantitative estimate of drug-likeness (QED) is 0.135. The fourth-order valence-electron chi connectivity index (χ4n) is 9.58. The van der Waals surface area contributed by atoms with E-state index in [0.717, 1.165) is 48.7 Å². The summed E-state index contributed by atoms with van der Waals surface area (Å²) in [6.45, 7) is 0. The van der Waals surface area contributed by atoms with Crippen molar-refractivity contribution >= 4 is 11.4 Å². The van der Waals surface area contributed by atoms with Gasteiger partial charge in [-0.1, -0.05) is 127 Å². The average molecular weight is 801 g/mol. The van der Waals surface area contributed by atoms with E-state index in [1.807, 2.05) is 48.5 Å². The van der Waals surface area contributed by atoms with Gasteiger partial charge in [0.1, 0.15) is 23.0 Å². The first-order valence-corrected chi connectivity index (χ1v) is 21.3. The van der Waals surface area contributed by atoms with E-state index in [-0.39, 0.29) is 0 Å². The average Bonchev–Trinajstić information content (AvgIpc) is 3.86. The third-order valence-corrected chi connectivity index (χ3v) is 12.4. The Morgan fingerprint density at radius 3 is 1.24 bits per heavy atom. The minimum atomic E-state index is 0.680. The number of hydrogen-bond acceptors (Lipinski definition) is 4. The molecule has 0 atom stereocenters. The van der Waals surface area contributed by atoms with Crippen LogP contribution in [0.4, 0.5) is 11.4 Å². The van der Waals surface area contributed by atoms with Crippen LogP contribution in [-0.4, -0.2) is 0 Å². The van der Waals surface area contributed by atoms with Crippen molar-refractivity contribution < 1.29 is 9.47 Å². The summed E-state index contributed by atoms with van der Waals surface area (Å²) < 4.78 is 12.3. The van der Waals surface area contributed by atoms with Crippen molar-refractivity contribution in [2.24, 2.45) is 0 Å². The third kappa shape index (κ3) is 7.16. The SMILES string of the molecule is Nc1cccc(Oc2ccc(Cc3ccc4c(c3-c3cccc(-c5c(Cc6ccc(Oc7cccc(N)c7)cc6)ccc6c5Cc5ccccc5-6)c3)Cc3ccccc3-4)cc2)c1. The van der Waals surface area contributed by atoms with Gasteiger partial charge < -0.3 is 20.9 Å². The van der Waals surface area contributed by atoms with Crippen LogP contribution in [0.25, 0.3) is 44.5 Å². The van der Waals surface area contributed by atoms with Gasteiger partial charge in [0.25, 0.3) is 0 Å². The van der Waals surface area contributed by atoms with Gasteiger partial charge in [0.05, 0.1) is 0 Å². The van der Waals surface area contributed by atoms with E-state index in [9.17, 15) is 0 Å². The van der Waals surface area contributed by atoms with E-state index in [1.165, 1.54) is 89.0 Å². The molecule has 0 spiro atoms. The van der Waals surface area contributed by atoms with Crippen LogP contribution in [0, 0.1) is 0 Å². The largest absolute Gasteiger partial charge is 0.457 e. The summed E-state index contributed by atoms with van der Waals surface area (Å²) >= 11 is 0. The highest BCUT2D eigenvalue weighted by Gasteiger charge is 2.27. The summed E-state index contributed by atoms with van der Waals surface area (Å²) in [5.74, 6) is 3.03. The van der Waals surface area contributed by atoms with E-state index in [1.54, 1.807) is 0 Å². The lowest BCUT2D eigenvalue weighted by Crippen LogP contribution is -2.00. The number of ether oxygens (including phenoxy) is 2. The molecule has 62 heavy (non-hydrogen) atoms. The molecule has 2 aliphatic rings. The van der Waals surface area contributed by atoms with Crippen LogP contribution >= 0.6 is 0 Å². The highest BCUT2D eigenvalue weighted by Crippen LogP contribution is 2.47. The molecule has 0 saturated carbocycles. The summed E-state index contributed by atoms with van der Waals surface area (Å²) in [4.78, 5) is 0. The zero-order valence-electron chi connectivity index (χ0n) is 34.3. The Morgan fingerprint density at radius 1 is 0.355 bits per heavy atom. The fourth-order valence-corrected chi connectivity index (χ4v) is 9.58. The van der Waals surface area contributed by atoms with Crippen molar-refractivity contribution in [1.82, 2.24) is 0 Å². The lowest BCUT2D eigenvalue weighted by Gasteiger charge is -2.19. The van der Waals surface area contributed by atoms with Crippen molar-refractivity contribution in [3.63, 3.8) is 0 Å². The smallest absolute Gasteiger partial charge is 0.129 e. The topological polar surface area (TPSA) is 70.5 Å². The summed E-state index contributed by atoms with van der Waals surface area (Å²) in [5.41, 5.74) is 34.5. The molecule has 9 aromatic rings. The Kier molecular flexibility index (Phi) is 9.39. The van der Waals surface area contributed by atoms with E-state index in [2.05, 4.69) is 146 Å². The van der Waals surface area contributed by atoms with Gasteiger partial charge in [-0.3, -0.25) is 0 Å². The summed E-state index contributed by atoms with van der Waals surface area (Å²) in [6, 6.07) is 68.5. The number of nitrogens with two attached hydrogens (primary N) is 2. The minimum absolute atomic E-state index is 0.680. The standard InChI is InChI=1S/C58H44N2O2/c59-45-12-6-14-49(35-45)61-47-24-18-37(19-25-47)30-43-22-28-53-51-16-3-1-8-39(51)33-55(53)57(43)41-10-5-11-42(32-41)58-44(23-29-54-52-17-4-2-9-40(52)34-56(54)58)31-38-20-26-48(27-21-38)62-50-15-7-13-46(60)36-50/h1-29,32,35-36H,30-31,33-34,59-60H2. The summed E-state index contributed by atoms with van der Waals surface area (Å²) in [5, 5.41) is 0. The Labute approximate surface area is 362 Å². The van der Waals surface area contributed by atoms with E-state index >= 15 is 0 Å². The first-order valence-electron chi connectivity index (χ1n) is 21.3. The van der Waals surface area contributed by atoms with Gasteiger partial charge in [0.2, 0.25) is 0 Å². The van der Waals surface area contributed by atoms with E-state index < -0.39 is 0 Å². The molecule has 4 nitrogen and oxygen atoms in total. The number of fused-ring (bicyclic) bond motifs is 6. The van der Waals surface area contributed by atoms with Crippen LogP contribution in [0.5, 0.6) is 23.0 Å². The molecule has 0 saturated heterocycles. The van der Waals surface area contributed by atoms with Gasteiger partial charge in [-0.25, -0.2) is 0 Å². The monoisotopic (exact) mass is 800 g/mol. The molecular weight excluding hydrogens is 757 g/mol. The lowest BCUT2D eigenvalue weighted by molar-refractivity contribution is 0.482. The Hall–Kier alpha value is -7.82. The lowest BCUT2D eigenvalue weighted by atomic mass is 9.84. The van der Waals surface area contributed by atoms with Crippen LogP contribution in [0.1, 0.15) is 44.5 Å². The zero-order valence-corrected chi connectivity index (χ0v) is 34.3. The molecular formula is C58H44N2O2. The second kappa shape index (κ2) is 15.7. The van der Waals surface area contributed by atoms with Crippen molar-refractivity contribution in [1.29, 1.82) is 0 Å². The molecule has 4 heteroatoms. The first kappa shape index (κ1) is 37.2. The van der Waals surface area contributed by atoms with Crippen molar-refractivity contribution in [2.75, 3.05) is 11.5 Å². The van der Waals surface area contributed by atoms with Gasteiger partial charge in [-0.15, -0.1) is 0 Å². The van der Waals surface area contributed by atoms with Crippen molar-refractivity contribution in [3.8, 4) is 67.5 Å². The molecule has 0 radical (unpaired) electrons. The number of hydrogen-bond donors (Lipinski definition) is 2. The maximum Gasteiger partial charge on any atom is 0.129 e. The number of anilines is 2. The van der Waals surface area contributed by atoms with Crippen LogP contribution in [0.15, 0.2) is 194 Å². The van der Waals surface area contributed by atoms with E-state index in [4.69, 9.17) is 20.9 Å². The number of rotatable bonds is 10. The Balaban J connectivity index is 0.979. The zero-order chi connectivity index (χ0) is 41.6. The molecule has 9 aromatic carbocycles. The maximum absolute atomic E-state index is 6.15. The molecule has 0 aliphatic heterocycles. The molecule has 2 aliphatic carbocycles. The molecule has 0 bridgehead atoms. The molecule has 0 fully saturated rings. The second-order valence-electron chi connectivity index (χ2n) is 16.5. The third-order valence-electron chi connectivity index (χ3n) is 12.4. The van der Waals surface area contributed by atoms with Gasteiger partial charge in [0.15, 0.2) is 0 Å². The normalized spacial score (nSPS) is 12.0. The number of nitrogen functional groups attached to an aromatic ring is 2. The number of benzene rings is 9. The van der Waals surface area contributed by atoms with E-state index in [0.29, 0.717) is 11.4 Å². The molecule has 4 N–H and O–H groups in total. The molecule has 0 aromatic heterocycles. The Bertz CT molecular complexity index is 2940. The second-order valence-corrected chi connectivity index (χ2v) is 16.5. The molecule has 0 amide bonds. The van der Waals surface area contributed by atoms with Crippen LogP contribution in [0.2, 0.25) is 0 Å². The minimum Gasteiger partial charge on any atom is -0.457 e. The molecule has 298 valence electrons. The van der Waals surface area contributed by atoms with Crippen molar-refractivity contribution in [2.45, 2.75) is 25.7 Å². The summed E-state index contributed by atoms with van der Waals surface area (Å²) in [7, 11) is 0. The highest BCUT2D eigenvalue weighted by atomic mass is 16.5. The first-order chi connectivity index (χ1) is 30.5. The summed E-state index contributed by atoms with van der Waals surface area (Å²) in [6.07, 6.45) is 3.40. The van der Waals surface area contributed by atoms with Gasteiger partial charge >= 0.3 is 0 Å². The van der Waals surface area contributed by atoms with Crippen molar-refractivity contribution in [3.05, 3.63) is 239 Å². The predicted molar refractivity (Wildman–Crippen MR) is 254 cm³/mol. The van der Waals surface area contributed by atoms with Gasteiger partial charge in [-0.05, 0) is 169 Å². The highest BCUT2D eigenvalue weighted by molar-refractivity contribution is 5.91. The molecule has 0 unspecified atom stereocenters. The molecule has 11 rings (SSSR count). The maximum atomic E-state index is 6.15. The van der Waals surface area contributed by atoms with Gasteiger partial charge in [0, 0.05) is 23.5 Å². The van der Waals surface area contributed by atoms with Crippen LogP contribution in [0.3, 0.4) is 0 Å². The Morgan fingerprint density at radius 2 is 0.790 bits per heavy atom.